The topological polar surface area (TPSA) is 85.8 Å². The lowest BCUT2D eigenvalue weighted by Gasteiger charge is -2.15. The average Bonchev–Trinajstić information content (AvgIpc) is 3.13. The van der Waals surface area contributed by atoms with Gasteiger partial charge in [0.1, 0.15) is 5.82 Å². The first-order valence-corrected chi connectivity index (χ1v) is 9.33. The number of carbonyl (C=O) groups excluding carboxylic acids is 1. The molecule has 0 bridgehead atoms. The van der Waals surface area contributed by atoms with E-state index in [9.17, 15) is 4.79 Å². The Morgan fingerprint density at radius 3 is 2.48 bits per heavy atom. The first kappa shape index (κ1) is 22.9. The summed E-state index contributed by atoms with van der Waals surface area (Å²) >= 11 is 0. The second-order valence-electron chi connectivity index (χ2n) is 6.91. The lowest BCUT2D eigenvalue weighted by Crippen LogP contribution is -2.37. The van der Waals surface area contributed by atoms with Crippen LogP contribution in [-0.4, -0.2) is 26.7 Å². The summed E-state index contributed by atoms with van der Waals surface area (Å²) in [6.45, 7) is 0.963. The van der Waals surface area contributed by atoms with Crippen molar-refractivity contribution in [2.24, 2.45) is 5.73 Å². The fraction of sp³-hybridized carbons (Fsp3) is 0.286. The van der Waals surface area contributed by atoms with Gasteiger partial charge in [-0.1, -0.05) is 30.3 Å². The Labute approximate surface area is 182 Å². The number of amides is 1. The zero-order valence-corrected chi connectivity index (χ0v) is 17.6. The number of benzene rings is 2. The Hall–Kier alpha value is -2.41. The molecule has 0 spiro atoms. The number of carbonyl (C=O) groups is 1. The van der Waals surface area contributed by atoms with Gasteiger partial charge in [-0.25, -0.2) is 0 Å². The summed E-state index contributed by atoms with van der Waals surface area (Å²) < 4.78 is 2.19. The number of fused-ring (bicyclic) bond motifs is 1. The van der Waals surface area contributed by atoms with Crippen LogP contribution in [0.5, 0.6) is 0 Å². The number of anilines is 1. The van der Waals surface area contributed by atoms with Gasteiger partial charge in [0.25, 0.3) is 0 Å². The molecule has 1 unspecified atom stereocenters. The van der Waals surface area contributed by atoms with E-state index < -0.39 is 6.04 Å². The van der Waals surface area contributed by atoms with E-state index in [0.717, 1.165) is 47.8 Å². The third-order valence-corrected chi connectivity index (χ3v) is 4.91. The highest BCUT2D eigenvalue weighted by Gasteiger charge is 2.17. The molecule has 8 heteroatoms. The van der Waals surface area contributed by atoms with E-state index >= 15 is 0 Å². The highest BCUT2D eigenvalue weighted by atomic mass is 35.5. The van der Waals surface area contributed by atoms with Gasteiger partial charge in [-0.15, -0.1) is 35.0 Å². The van der Waals surface area contributed by atoms with Crippen LogP contribution in [0.3, 0.4) is 0 Å². The van der Waals surface area contributed by atoms with Crippen LogP contribution in [-0.2, 0) is 24.2 Å². The number of nitrogens with one attached hydrogen (secondary N) is 1. The Bertz CT molecular complexity index is 928. The van der Waals surface area contributed by atoms with Crippen molar-refractivity contribution in [3.63, 3.8) is 0 Å². The number of nitrogens with two attached hydrogens (primary N) is 1. The molecule has 4 rings (SSSR count). The van der Waals surface area contributed by atoms with Gasteiger partial charge in [-0.3, -0.25) is 4.79 Å². The summed E-state index contributed by atoms with van der Waals surface area (Å²) in [6.07, 6.45) is 3.83. The normalized spacial score (nSPS) is 13.4. The van der Waals surface area contributed by atoms with Crippen molar-refractivity contribution in [3.05, 3.63) is 66.0 Å². The number of rotatable bonds is 5. The lowest BCUT2D eigenvalue weighted by molar-refractivity contribution is -0.117. The van der Waals surface area contributed by atoms with Gasteiger partial charge in [0.2, 0.25) is 5.91 Å². The minimum atomic E-state index is -0.587. The maximum atomic E-state index is 12.4. The molecule has 1 aliphatic heterocycles. The van der Waals surface area contributed by atoms with Crippen LogP contribution in [0.4, 0.5) is 5.69 Å². The Kier molecular flexibility index (Phi) is 8.20. The molecule has 154 valence electrons. The molecule has 6 nitrogen and oxygen atoms in total. The Morgan fingerprint density at radius 1 is 1.03 bits per heavy atom. The summed E-state index contributed by atoms with van der Waals surface area (Å²) in [7, 11) is 0. The van der Waals surface area contributed by atoms with Crippen LogP contribution < -0.4 is 11.1 Å². The Morgan fingerprint density at radius 2 is 1.76 bits per heavy atom. The second kappa shape index (κ2) is 10.4. The summed E-state index contributed by atoms with van der Waals surface area (Å²) in [5.74, 6) is 1.76. The standard InChI is InChI=1S/C21H23N5O.2ClH/c22-18(14-15-6-2-1-3-7-15)21(27)23-17-11-9-16(10-12-17)20-25-24-19-8-4-5-13-26(19)20;;/h1-3,6-7,9-12,18H,4-5,8,13-14,22H2,(H,23,27);2*1H. The summed E-state index contributed by atoms with van der Waals surface area (Å²) in [4.78, 5) is 12.4. The molecule has 2 heterocycles. The molecular formula is C21H25Cl2N5O. The predicted molar refractivity (Wildman–Crippen MR) is 120 cm³/mol. The van der Waals surface area contributed by atoms with Crippen molar-refractivity contribution >= 4 is 36.4 Å². The molecule has 1 aromatic heterocycles. The van der Waals surface area contributed by atoms with Gasteiger partial charge in [0.05, 0.1) is 6.04 Å². The van der Waals surface area contributed by atoms with Gasteiger partial charge in [0, 0.05) is 24.2 Å². The quantitative estimate of drug-likeness (QED) is 0.642. The largest absolute Gasteiger partial charge is 0.325 e. The van der Waals surface area contributed by atoms with Gasteiger partial charge < -0.3 is 15.6 Å². The number of halogens is 2. The second-order valence-corrected chi connectivity index (χ2v) is 6.91. The zero-order valence-electron chi connectivity index (χ0n) is 16.0. The highest BCUT2D eigenvalue weighted by molar-refractivity contribution is 5.95. The van der Waals surface area contributed by atoms with Crippen molar-refractivity contribution in [1.29, 1.82) is 0 Å². The van der Waals surface area contributed by atoms with Crippen molar-refractivity contribution in [3.8, 4) is 11.4 Å². The summed E-state index contributed by atoms with van der Waals surface area (Å²) in [5.41, 5.74) is 8.82. The van der Waals surface area contributed by atoms with E-state index in [1.165, 1.54) is 6.42 Å². The third-order valence-electron chi connectivity index (χ3n) is 4.91. The molecule has 2 aromatic carbocycles. The van der Waals surface area contributed by atoms with E-state index in [1.54, 1.807) is 0 Å². The first-order chi connectivity index (χ1) is 13.2. The maximum absolute atomic E-state index is 12.4. The smallest absolute Gasteiger partial charge is 0.241 e. The van der Waals surface area contributed by atoms with Crippen molar-refractivity contribution in [1.82, 2.24) is 14.8 Å². The molecule has 0 saturated carbocycles. The van der Waals surface area contributed by atoms with Crippen LogP contribution in [0.2, 0.25) is 0 Å². The highest BCUT2D eigenvalue weighted by Crippen LogP contribution is 2.24. The Balaban J connectivity index is 0.00000150. The minimum absolute atomic E-state index is 0. The minimum Gasteiger partial charge on any atom is -0.325 e. The fourth-order valence-electron chi connectivity index (χ4n) is 3.42. The molecule has 29 heavy (non-hydrogen) atoms. The van der Waals surface area contributed by atoms with Crippen molar-refractivity contribution < 1.29 is 4.79 Å². The molecule has 0 radical (unpaired) electrons. The maximum Gasteiger partial charge on any atom is 0.241 e. The van der Waals surface area contributed by atoms with Gasteiger partial charge in [-0.2, -0.15) is 0 Å². The molecule has 0 aliphatic carbocycles. The summed E-state index contributed by atoms with van der Waals surface area (Å²) in [5, 5.41) is 11.5. The van der Waals surface area contributed by atoms with E-state index in [-0.39, 0.29) is 30.7 Å². The zero-order chi connectivity index (χ0) is 18.6. The van der Waals surface area contributed by atoms with Crippen molar-refractivity contribution in [2.45, 2.75) is 38.3 Å². The molecule has 3 N–H and O–H groups in total. The number of nitrogens with zero attached hydrogens (tertiary/aromatic N) is 3. The van der Waals surface area contributed by atoms with Crippen LogP contribution in [0.1, 0.15) is 24.2 Å². The van der Waals surface area contributed by atoms with Gasteiger partial charge in [0.15, 0.2) is 5.82 Å². The van der Waals surface area contributed by atoms with Crippen LogP contribution in [0.25, 0.3) is 11.4 Å². The first-order valence-electron chi connectivity index (χ1n) is 9.33. The molecule has 1 aliphatic rings. The van der Waals surface area contributed by atoms with E-state index in [1.807, 2.05) is 54.6 Å². The number of aryl methyl sites for hydroxylation is 1. The van der Waals surface area contributed by atoms with Crippen LogP contribution in [0.15, 0.2) is 54.6 Å². The average molecular weight is 434 g/mol. The molecule has 0 fully saturated rings. The molecular weight excluding hydrogens is 409 g/mol. The fourth-order valence-corrected chi connectivity index (χ4v) is 3.42. The molecule has 0 saturated heterocycles. The molecule has 1 amide bonds. The van der Waals surface area contributed by atoms with Gasteiger partial charge in [-0.05, 0) is 49.1 Å². The summed E-state index contributed by atoms with van der Waals surface area (Å²) in [6, 6.07) is 16.9. The van der Waals surface area contributed by atoms with Crippen LogP contribution >= 0.6 is 24.8 Å². The molecule has 3 aromatic rings. The van der Waals surface area contributed by atoms with E-state index in [2.05, 4.69) is 20.1 Å². The van der Waals surface area contributed by atoms with Crippen LogP contribution in [0, 0.1) is 0 Å². The number of hydrogen-bond acceptors (Lipinski definition) is 4. The van der Waals surface area contributed by atoms with Gasteiger partial charge >= 0.3 is 0 Å². The predicted octanol–water partition coefficient (Wildman–Crippen LogP) is 3.63. The van der Waals surface area contributed by atoms with Crippen molar-refractivity contribution in [2.75, 3.05) is 5.32 Å². The monoisotopic (exact) mass is 433 g/mol. The van der Waals surface area contributed by atoms with E-state index in [0.29, 0.717) is 6.42 Å². The lowest BCUT2D eigenvalue weighted by atomic mass is 10.1. The SMILES string of the molecule is Cl.Cl.NC(Cc1ccccc1)C(=O)Nc1ccc(-c2nnc3n2CCCC3)cc1. The number of hydrogen-bond donors (Lipinski definition) is 2. The third kappa shape index (κ3) is 5.35. The molecule has 1 atom stereocenters. The van der Waals surface area contributed by atoms with E-state index in [4.69, 9.17) is 5.73 Å². The number of aromatic nitrogens is 3.